The zero-order chi connectivity index (χ0) is 15.6. The van der Waals surface area contributed by atoms with Gasteiger partial charge in [-0.05, 0) is 30.9 Å². The molecule has 118 valence electrons. The first-order chi connectivity index (χ1) is 11.3. The quantitative estimate of drug-likeness (QED) is 0.797. The predicted molar refractivity (Wildman–Crippen MR) is 89.7 cm³/mol. The summed E-state index contributed by atoms with van der Waals surface area (Å²) in [5.41, 5.74) is 3.78. The standard InChI is InChI=1S/C19H20N2O2/c22-19-17-15(9-12-23-19)13-16(14-7-3-1-4-8-14)20-18(17)21-10-5-2-6-11-21/h1,3-4,7-8,13H,2,5-6,9-12H2. The fourth-order valence-corrected chi connectivity index (χ4v) is 3.42. The van der Waals surface area contributed by atoms with Crippen LogP contribution in [0.4, 0.5) is 5.82 Å². The Hall–Kier alpha value is -2.36. The molecule has 1 aromatic heterocycles. The first kappa shape index (κ1) is 14.2. The summed E-state index contributed by atoms with van der Waals surface area (Å²) in [6, 6.07) is 12.2. The third kappa shape index (κ3) is 2.69. The number of hydrogen-bond acceptors (Lipinski definition) is 4. The average molecular weight is 308 g/mol. The lowest BCUT2D eigenvalue weighted by Crippen LogP contribution is -2.33. The Balaban J connectivity index is 1.85. The second kappa shape index (κ2) is 6.03. The first-order valence-corrected chi connectivity index (χ1v) is 8.34. The van der Waals surface area contributed by atoms with Gasteiger partial charge in [0.05, 0.1) is 12.3 Å². The summed E-state index contributed by atoms with van der Waals surface area (Å²) in [7, 11) is 0. The Bertz CT molecular complexity index is 722. The molecule has 1 fully saturated rings. The van der Waals surface area contributed by atoms with Crippen molar-refractivity contribution in [3.05, 3.63) is 47.5 Å². The highest BCUT2D eigenvalue weighted by Crippen LogP contribution is 2.32. The minimum Gasteiger partial charge on any atom is -0.462 e. The number of hydrogen-bond donors (Lipinski definition) is 0. The third-order valence-electron chi connectivity index (χ3n) is 4.62. The lowest BCUT2D eigenvalue weighted by molar-refractivity contribution is 0.0480. The van der Waals surface area contributed by atoms with Crippen LogP contribution in [0.2, 0.25) is 0 Å². The average Bonchev–Trinajstić information content (AvgIpc) is 2.62. The lowest BCUT2D eigenvalue weighted by Gasteiger charge is -2.31. The molecule has 0 atom stereocenters. The van der Waals surface area contributed by atoms with Crippen molar-refractivity contribution < 1.29 is 9.53 Å². The molecule has 0 spiro atoms. The number of ether oxygens (including phenoxy) is 1. The van der Waals surface area contributed by atoms with Crippen molar-refractivity contribution in [1.29, 1.82) is 0 Å². The third-order valence-corrected chi connectivity index (χ3v) is 4.62. The number of carbonyl (C=O) groups is 1. The van der Waals surface area contributed by atoms with Gasteiger partial charge in [0.1, 0.15) is 11.4 Å². The van der Waals surface area contributed by atoms with Crippen LogP contribution < -0.4 is 4.90 Å². The molecule has 2 aliphatic heterocycles. The number of pyridine rings is 1. The number of benzene rings is 1. The molecule has 0 unspecified atom stereocenters. The maximum absolute atomic E-state index is 12.3. The van der Waals surface area contributed by atoms with Crippen molar-refractivity contribution in [3.8, 4) is 11.3 Å². The second-order valence-corrected chi connectivity index (χ2v) is 6.16. The molecular weight excluding hydrogens is 288 g/mol. The highest BCUT2D eigenvalue weighted by molar-refractivity contribution is 5.98. The van der Waals surface area contributed by atoms with E-state index in [1.54, 1.807) is 0 Å². The number of cyclic esters (lactones) is 1. The maximum atomic E-state index is 12.3. The molecule has 1 aromatic carbocycles. The van der Waals surface area contributed by atoms with Gasteiger partial charge in [0.25, 0.3) is 0 Å². The van der Waals surface area contributed by atoms with Crippen molar-refractivity contribution >= 4 is 11.8 Å². The van der Waals surface area contributed by atoms with Crippen LogP contribution >= 0.6 is 0 Å². The Morgan fingerprint density at radius 3 is 2.61 bits per heavy atom. The van der Waals surface area contributed by atoms with Gasteiger partial charge >= 0.3 is 5.97 Å². The van der Waals surface area contributed by atoms with Gasteiger partial charge in [0, 0.05) is 25.1 Å². The minimum absolute atomic E-state index is 0.223. The number of aromatic nitrogens is 1. The number of anilines is 1. The van der Waals surface area contributed by atoms with E-state index in [-0.39, 0.29) is 5.97 Å². The van der Waals surface area contributed by atoms with E-state index in [2.05, 4.69) is 23.1 Å². The van der Waals surface area contributed by atoms with Crippen molar-refractivity contribution in [2.75, 3.05) is 24.6 Å². The molecular formula is C19H20N2O2. The van der Waals surface area contributed by atoms with Crippen LogP contribution in [-0.2, 0) is 11.2 Å². The fraction of sp³-hybridized carbons (Fsp3) is 0.368. The highest BCUT2D eigenvalue weighted by atomic mass is 16.5. The van der Waals surface area contributed by atoms with E-state index in [9.17, 15) is 4.79 Å². The summed E-state index contributed by atoms with van der Waals surface area (Å²) in [5, 5.41) is 0. The zero-order valence-electron chi connectivity index (χ0n) is 13.1. The number of fused-ring (bicyclic) bond motifs is 1. The molecule has 0 N–H and O–H groups in total. The number of carbonyl (C=O) groups excluding carboxylic acids is 1. The Labute approximate surface area is 136 Å². The van der Waals surface area contributed by atoms with E-state index in [0.717, 1.165) is 55.0 Å². The van der Waals surface area contributed by atoms with Crippen molar-refractivity contribution in [2.45, 2.75) is 25.7 Å². The van der Waals surface area contributed by atoms with Crippen molar-refractivity contribution in [1.82, 2.24) is 4.98 Å². The largest absolute Gasteiger partial charge is 0.462 e. The molecule has 0 aliphatic carbocycles. The van der Waals surface area contributed by atoms with Crippen LogP contribution in [0.1, 0.15) is 35.2 Å². The lowest BCUT2D eigenvalue weighted by atomic mass is 9.99. The highest BCUT2D eigenvalue weighted by Gasteiger charge is 2.28. The molecule has 0 amide bonds. The van der Waals surface area contributed by atoms with E-state index in [0.29, 0.717) is 12.2 Å². The molecule has 1 saturated heterocycles. The molecule has 2 aliphatic rings. The van der Waals surface area contributed by atoms with Gasteiger partial charge in [-0.3, -0.25) is 0 Å². The first-order valence-electron chi connectivity index (χ1n) is 8.34. The van der Waals surface area contributed by atoms with Gasteiger partial charge in [0.2, 0.25) is 0 Å². The molecule has 0 saturated carbocycles. The zero-order valence-corrected chi connectivity index (χ0v) is 13.1. The van der Waals surface area contributed by atoms with Crippen molar-refractivity contribution in [3.63, 3.8) is 0 Å². The SMILES string of the molecule is O=C1OCCc2cc(-c3ccccc3)nc(N3CCCCC3)c21. The molecule has 3 heterocycles. The van der Waals surface area contributed by atoms with E-state index in [1.807, 2.05) is 18.2 Å². The number of rotatable bonds is 2. The van der Waals surface area contributed by atoms with Gasteiger partial charge in [-0.25, -0.2) is 9.78 Å². The minimum atomic E-state index is -0.223. The van der Waals surface area contributed by atoms with Crippen LogP contribution in [0.3, 0.4) is 0 Å². The normalized spacial score (nSPS) is 17.6. The topological polar surface area (TPSA) is 42.4 Å². The molecule has 4 rings (SSSR count). The monoisotopic (exact) mass is 308 g/mol. The van der Waals surface area contributed by atoms with Gasteiger partial charge < -0.3 is 9.64 Å². The number of esters is 1. The van der Waals surface area contributed by atoms with E-state index in [4.69, 9.17) is 9.72 Å². The van der Waals surface area contributed by atoms with Crippen LogP contribution in [-0.4, -0.2) is 30.6 Å². The van der Waals surface area contributed by atoms with Gasteiger partial charge in [-0.1, -0.05) is 30.3 Å². The predicted octanol–water partition coefficient (Wildman–Crippen LogP) is 3.45. The Morgan fingerprint density at radius 1 is 1.04 bits per heavy atom. The van der Waals surface area contributed by atoms with Crippen LogP contribution in [0.15, 0.2) is 36.4 Å². The van der Waals surface area contributed by atoms with Crippen LogP contribution in [0, 0.1) is 0 Å². The van der Waals surface area contributed by atoms with Crippen LogP contribution in [0.5, 0.6) is 0 Å². The summed E-state index contributed by atoms with van der Waals surface area (Å²) in [6.45, 7) is 2.39. The molecule has 0 bridgehead atoms. The number of nitrogens with zero attached hydrogens (tertiary/aromatic N) is 2. The summed E-state index contributed by atoms with van der Waals surface area (Å²) in [5.74, 6) is 0.588. The summed E-state index contributed by atoms with van der Waals surface area (Å²) < 4.78 is 5.28. The Kier molecular flexibility index (Phi) is 3.74. The van der Waals surface area contributed by atoms with E-state index in [1.165, 1.54) is 6.42 Å². The van der Waals surface area contributed by atoms with Crippen LogP contribution in [0.25, 0.3) is 11.3 Å². The maximum Gasteiger partial charge on any atom is 0.342 e. The molecule has 2 aromatic rings. The van der Waals surface area contributed by atoms with Gasteiger partial charge in [-0.15, -0.1) is 0 Å². The van der Waals surface area contributed by atoms with Gasteiger partial charge in [0.15, 0.2) is 0 Å². The summed E-state index contributed by atoms with van der Waals surface area (Å²) >= 11 is 0. The summed E-state index contributed by atoms with van der Waals surface area (Å²) in [6.07, 6.45) is 4.33. The van der Waals surface area contributed by atoms with Gasteiger partial charge in [-0.2, -0.15) is 0 Å². The smallest absolute Gasteiger partial charge is 0.342 e. The molecule has 4 nitrogen and oxygen atoms in total. The van der Waals surface area contributed by atoms with E-state index < -0.39 is 0 Å². The van der Waals surface area contributed by atoms with E-state index >= 15 is 0 Å². The second-order valence-electron chi connectivity index (χ2n) is 6.16. The van der Waals surface area contributed by atoms with Crippen molar-refractivity contribution in [2.24, 2.45) is 0 Å². The molecule has 23 heavy (non-hydrogen) atoms. The number of piperidine rings is 1. The fourth-order valence-electron chi connectivity index (χ4n) is 3.42. The Morgan fingerprint density at radius 2 is 1.83 bits per heavy atom. The molecule has 0 radical (unpaired) electrons. The summed E-state index contributed by atoms with van der Waals surface area (Å²) in [4.78, 5) is 19.4. The molecule has 4 heteroatoms.